The molecule has 2 saturated heterocycles. The van der Waals surface area contributed by atoms with E-state index in [1.54, 1.807) is 23.9 Å². The Bertz CT molecular complexity index is 950. The molecule has 10 unspecified atom stereocenters. The van der Waals surface area contributed by atoms with Crippen molar-refractivity contribution in [2.45, 2.75) is 94.0 Å². The number of unbranched alkanes of at least 4 members (excludes halogenated alkanes) is 2. The zero-order valence-corrected chi connectivity index (χ0v) is 23.7. The predicted octanol–water partition coefficient (Wildman–Crippen LogP) is 0.248. The second-order valence-corrected chi connectivity index (χ2v) is 11.2. The summed E-state index contributed by atoms with van der Waals surface area (Å²) in [7, 11) is 3.29. The summed E-state index contributed by atoms with van der Waals surface area (Å²) in [6, 6.07) is -1.39. The molecule has 41 heavy (non-hydrogen) atoms. The molecule has 0 radical (unpaired) electrons. The highest BCUT2D eigenvalue weighted by Crippen LogP contribution is 2.44. The van der Waals surface area contributed by atoms with Gasteiger partial charge in [-0.1, -0.05) is 13.3 Å². The molecule has 10 atom stereocenters. The lowest BCUT2D eigenvalue weighted by molar-refractivity contribution is -0.314. The van der Waals surface area contributed by atoms with Gasteiger partial charge in [-0.25, -0.2) is 18.4 Å². The molecule has 2 rings (SSSR count). The highest BCUT2D eigenvalue weighted by atomic mass is 19.2. The van der Waals surface area contributed by atoms with Gasteiger partial charge in [0.25, 0.3) is 0 Å². The minimum Gasteiger partial charge on any atom is -0.477 e. The fraction of sp³-hybridized carbons (Fsp3) is 0.880. The second-order valence-electron chi connectivity index (χ2n) is 11.2. The van der Waals surface area contributed by atoms with Crippen LogP contribution in [0, 0.1) is 5.92 Å². The van der Waals surface area contributed by atoms with Gasteiger partial charge in [0.2, 0.25) is 11.6 Å². The minimum atomic E-state index is -3.78. The van der Waals surface area contributed by atoms with Crippen LogP contribution in [0.4, 0.5) is 17.6 Å². The Morgan fingerprint density at radius 1 is 0.902 bits per heavy atom. The van der Waals surface area contributed by atoms with E-state index < -0.39 is 77.8 Å². The number of aliphatic carboxylic acids is 2. The van der Waals surface area contributed by atoms with Crippen LogP contribution in [-0.4, -0.2) is 142 Å². The number of aliphatic hydroxyl groups excluding tert-OH is 2. The number of carbonyl (C=O) groups is 3. The van der Waals surface area contributed by atoms with Crippen LogP contribution in [-0.2, 0) is 23.9 Å². The molecule has 2 aliphatic heterocycles. The van der Waals surface area contributed by atoms with Crippen LogP contribution in [0.2, 0.25) is 0 Å². The summed E-state index contributed by atoms with van der Waals surface area (Å²) in [6.07, 6.45) is -7.57. The van der Waals surface area contributed by atoms with E-state index in [0.29, 0.717) is 39.3 Å². The molecule has 0 aromatic rings. The molecule has 0 aromatic carbocycles. The van der Waals surface area contributed by atoms with Crippen LogP contribution in [0.3, 0.4) is 0 Å². The Hall–Kier alpha value is -2.11. The summed E-state index contributed by atoms with van der Waals surface area (Å²) in [6.45, 7) is 3.98. The Labute approximate surface area is 235 Å². The largest absolute Gasteiger partial charge is 0.477 e. The quantitative estimate of drug-likeness (QED) is 0.145. The van der Waals surface area contributed by atoms with E-state index in [2.05, 4.69) is 5.32 Å². The fourth-order valence-electron chi connectivity index (χ4n) is 5.23. The third-order valence-corrected chi connectivity index (χ3v) is 7.83. The van der Waals surface area contributed by atoms with Crippen LogP contribution in [0.5, 0.6) is 0 Å². The molecule has 238 valence electrons. The first-order valence-electron chi connectivity index (χ1n) is 13.3. The standard InChI is InChI=1S/C25H41F4N3O9/c1-13-15(41-25(29,22(38)39)23(3,27)20(13)35)11-31(4)9-7-6-8-10-32(5)12-16-17(30-14(2)33)18(34)19(26)24(28,40-16)21(36)37/h13,15-20,34-35H,6-12H2,1-5H3,(H,30,33)(H,36,37)(H,38,39). The number of nitrogens with zero attached hydrogens (tertiary/aromatic N) is 2. The summed E-state index contributed by atoms with van der Waals surface area (Å²) in [4.78, 5) is 37.6. The average molecular weight is 604 g/mol. The maximum absolute atomic E-state index is 14.9. The number of aliphatic hydroxyl groups is 2. The van der Waals surface area contributed by atoms with Crippen LogP contribution in [0.1, 0.15) is 40.0 Å². The van der Waals surface area contributed by atoms with Crippen molar-refractivity contribution in [1.29, 1.82) is 0 Å². The number of alkyl halides is 4. The number of rotatable bonds is 13. The van der Waals surface area contributed by atoms with Crippen LogP contribution >= 0.6 is 0 Å². The van der Waals surface area contributed by atoms with E-state index in [-0.39, 0.29) is 13.1 Å². The van der Waals surface area contributed by atoms with Gasteiger partial charge in [0.1, 0.15) is 6.10 Å². The number of carbonyl (C=O) groups excluding carboxylic acids is 1. The Morgan fingerprint density at radius 2 is 1.41 bits per heavy atom. The number of ether oxygens (including phenoxy) is 2. The Morgan fingerprint density at radius 3 is 1.88 bits per heavy atom. The normalized spacial score (nSPS) is 39.6. The molecule has 0 spiro atoms. The number of amides is 1. The third-order valence-electron chi connectivity index (χ3n) is 7.83. The van der Waals surface area contributed by atoms with Gasteiger partial charge in [-0.2, -0.15) is 8.78 Å². The van der Waals surface area contributed by atoms with E-state index in [1.807, 2.05) is 0 Å². The first-order valence-corrected chi connectivity index (χ1v) is 13.3. The first-order chi connectivity index (χ1) is 18.8. The molecule has 5 N–H and O–H groups in total. The number of carboxylic acids is 2. The van der Waals surface area contributed by atoms with Crippen molar-refractivity contribution in [3.8, 4) is 0 Å². The van der Waals surface area contributed by atoms with Crippen LogP contribution < -0.4 is 5.32 Å². The van der Waals surface area contributed by atoms with Crippen molar-refractivity contribution in [2.75, 3.05) is 40.3 Å². The van der Waals surface area contributed by atoms with Crippen molar-refractivity contribution in [1.82, 2.24) is 15.1 Å². The first kappa shape index (κ1) is 35.1. The molecule has 0 bridgehead atoms. The summed E-state index contributed by atoms with van der Waals surface area (Å²) >= 11 is 0. The molecular weight excluding hydrogens is 562 g/mol. The monoisotopic (exact) mass is 603 g/mol. The van der Waals surface area contributed by atoms with Gasteiger partial charge in [0.15, 0.2) is 6.17 Å². The summed E-state index contributed by atoms with van der Waals surface area (Å²) in [5.41, 5.74) is -3.14. The zero-order chi connectivity index (χ0) is 31.5. The van der Waals surface area contributed by atoms with E-state index in [9.17, 15) is 47.3 Å². The van der Waals surface area contributed by atoms with Gasteiger partial charge < -0.3 is 45.0 Å². The predicted molar refractivity (Wildman–Crippen MR) is 135 cm³/mol. The van der Waals surface area contributed by atoms with Crippen molar-refractivity contribution >= 4 is 17.8 Å². The lowest BCUT2D eigenvalue weighted by Gasteiger charge is -2.48. The smallest absolute Gasteiger partial charge is 0.373 e. The lowest BCUT2D eigenvalue weighted by Crippen LogP contribution is -2.69. The molecule has 2 aliphatic rings. The third kappa shape index (κ3) is 7.46. The molecule has 16 heteroatoms. The van der Waals surface area contributed by atoms with Gasteiger partial charge >= 0.3 is 23.6 Å². The number of carboxylic acid groups (broad SMARTS) is 2. The van der Waals surface area contributed by atoms with Gasteiger partial charge in [-0.15, -0.1) is 0 Å². The number of hydrogen-bond donors (Lipinski definition) is 5. The van der Waals surface area contributed by atoms with E-state index in [1.165, 1.54) is 6.92 Å². The zero-order valence-electron chi connectivity index (χ0n) is 23.7. The van der Waals surface area contributed by atoms with Crippen LogP contribution in [0.25, 0.3) is 0 Å². The van der Waals surface area contributed by atoms with Crippen LogP contribution in [0.15, 0.2) is 0 Å². The topological polar surface area (TPSA) is 169 Å². The Kier molecular flexibility index (Phi) is 11.5. The van der Waals surface area contributed by atoms with Crippen molar-refractivity contribution < 1.29 is 61.8 Å². The molecular formula is C25H41F4N3O9. The second kappa shape index (κ2) is 13.5. The molecule has 2 heterocycles. The highest BCUT2D eigenvalue weighted by Gasteiger charge is 2.68. The lowest BCUT2D eigenvalue weighted by atomic mass is 9.79. The molecule has 2 fully saturated rings. The number of nitrogens with one attached hydrogen (secondary N) is 1. The highest BCUT2D eigenvalue weighted by molar-refractivity contribution is 5.78. The SMILES string of the molecule is CC(=O)NC1C(CN(C)CCCCCN(C)CC2OC(F)(C(=O)O)C(C)(F)C(O)C2C)OC(F)(C(=O)O)C(F)C1O. The van der Waals surface area contributed by atoms with Crippen molar-refractivity contribution in [3.63, 3.8) is 0 Å². The summed E-state index contributed by atoms with van der Waals surface area (Å²) in [5, 5.41) is 41.0. The van der Waals surface area contributed by atoms with Gasteiger partial charge in [0.05, 0.1) is 24.4 Å². The minimum absolute atomic E-state index is 0.0309. The van der Waals surface area contributed by atoms with E-state index in [4.69, 9.17) is 14.6 Å². The molecule has 0 aromatic heterocycles. The number of halogens is 4. The molecule has 0 saturated carbocycles. The van der Waals surface area contributed by atoms with Gasteiger partial charge in [-0.05, 0) is 47.0 Å². The molecule has 12 nitrogen and oxygen atoms in total. The Balaban J connectivity index is 1.86. The average Bonchev–Trinajstić information content (AvgIpc) is 2.86. The summed E-state index contributed by atoms with van der Waals surface area (Å²) in [5.74, 6) is -13.4. The van der Waals surface area contributed by atoms with Gasteiger partial charge in [-0.3, -0.25) is 4.79 Å². The maximum Gasteiger partial charge on any atom is 0.373 e. The van der Waals surface area contributed by atoms with Gasteiger partial charge in [0, 0.05) is 25.9 Å². The van der Waals surface area contributed by atoms with Crippen molar-refractivity contribution in [2.24, 2.45) is 5.92 Å². The number of likely N-dealkylation sites (N-methyl/N-ethyl adjacent to an activating group) is 2. The molecule has 1 amide bonds. The summed E-state index contributed by atoms with van der Waals surface area (Å²) < 4.78 is 68.7. The van der Waals surface area contributed by atoms with Crippen molar-refractivity contribution in [3.05, 3.63) is 0 Å². The van der Waals surface area contributed by atoms with E-state index >= 15 is 0 Å². The maximum atomic E-state index is 14.9. The fourth-order valence-corrected chi connectivity index (χ4v) is 5.23. The molecule has 0 aliphatic carbocycles. The number of hydrogen-bond acceptors (Lipinski definition) is 9. The van der Waals surface area contributed by atoms with E-state index in [0.717, 1.165) is 6.92 Å².